The molecule has 2 atom stereocenters. The van der Waals surface area contributed by atoms with Crippen molar-refractivity contribution in [2.75, 3.05) is 14.1 Å². The Morgan fingerprint density at radius 1 is 1.22 bits per heavy atom. The molecule has 0 saturated carbocycles. The normalized spacial score (nSPS) is 30.9. The first-order chi connectivity index (χ1) is 8.27. The molecule has 0 radical (unpaired) electrons. The monoisotopic (exact) mass is 260 g/mol. The number of rotatable bonds is 1. The van der Waals surface area contributed by atoms with Crippen LogP contribution in [0.15, 0.2) is 30.3 Å². The maximum Gasteiger partial charge on any atom is 0.432 e. The summed E-state index contributed by atoms with van der Waals surface area (Å²) < 4.78 is 38.8. The second-order valence-electron chi connectivity index (χ2n) is 4.54. The largest absolute Gasteiger partial charge is 0.432 e. The first-order valence-corrected chi connectivity index (χ1v) is 5.58. The van der Waals surface area contributed by atoms with Crippen LogP contribution in [0.3, 0.4) is 0 Å². The SMILES string of the molecule is CN1[C@@H](c2ccccc2)C[C@@](O)(C(F)(F)F)N1C. The van der Waals surface area contributed by atoms with Crippen molar-refractivity contribution in [3.05, 3.63) is 35.9 Å². The Morgan fingerprint density at radius 3 is 2.22 bits per heavy atom. The van der Waals surface area contributed by atoms with E-state index in [1.54, 1.807) is 37.4 Å². The third kappa shape index (κ3) is 1.90. The van der Waals surface area contributed by atoms with Crippen LogP contribution < -0.4 is 0 Å². The molecule has 1 aliphatic rings. The summed E-state index contributed by atoms with van der Waals surface area (Å²) >= 11 is 0. The maximum absolute atomic E-state index is 12.9. The molecule has 0 amide bonds. The van der Waals surface area contributed by atoms with Crippen molar-refractivity contribution in [2.45, 2.75) is 24.4 Å². The Morgan fingerprint density at radius 2 is 1.78 bits per heavy atom. The first kappa shape index (κ1) is 13.3. The molecular formula is C12H15F3N2O. The summed E-state index contributed by atoms with van der Waals surface area (Å²) in [5, 5.41) is 12.1. The predicted octanol–water partition coefficient (Wildman–Crippen LogP) is 2.16. The number of benzene rings is 1. The van der Waals surface area contributed by atoms with E-state index in [0.29, 0.717) is 0 Å². The Hall–Kier alpha value is -1.11. The number of hydrogen-bond donors (Lipinski definition) is 1. The van der Waals surface area contributed by atoms with Crippen LogP contribution >= 0.6 is 0 Å². The minimum atomic E-state index is -4.68. The van der Waals surface area contributed by atoms with Gasteiger partial charge < -0.3 is 5.11 Å². The molecule has 1 heterocycles. The Kier molecular flexibility index (Phi) is 3.12. The number of hydrogen-bond acceptors (Lipinski definition) is 3. The first-order valence-electron chi connectivity index (χ1n) is 5.58. The van der Waals surface area contributed by atoms with Crippen molar-refractivity contribution >= 4 is 0 Å². The smallest absolute Gasteiger partial charge is 0.367 e. The van der Waals surface area contributed by atoms with E-state index in [-0.39, 0.29) is 0 Å². The molecule has 0 aromatic heterocycles. The highest BCUT2D eigenvalue weighted by Crippen LogP contribution is 2.47. The average molecular weight is 260 g/mol. The summed E-state index contributed by atoms with van der Waals surface area (Å²) in [4.78, 5) is 0. The van der Waals surface area contributed by atoms with Gasteiger partial charge in [0.2, 0.25) is 5.72 Å². The minimum absolute atomic E-state index is 0.395. The molecule has 1 saturated heterocycles. The van der Waals surface area contributed by atoms with Crippen molar-refractivity contribution < 1.29 is 18.3 Å². The Bertz CT molecular complexity index is 423. The zero-order valence-corrected chi connectivity index (χ0v) is 10.1. The number of nitrogens with zero attached hydrogens (tertiary/aromatic N) is 2. The van der Waals surface area contributed by atoms with E-state index in [9.17, 15) is 18.3 Å². The van der Waals surface area contributed by atoms with Gasteiger partial charge in [-0.2, -0.15) is 13.2 Å². The van der Waals surface area contributed by atoms with Gasteiger partial charge in [-0.1, -0.05) is 30.3 Å². The van der Waals surface area contributed by atoms with Crippen LogP contribution in [0.4, 0.5) is 13.2 Å². The van der Waals surface area contributed by atoms with Crippen molar-refractivity contribution in [3.63, 3.8) is 0 Å². The fraction of sp³-hybridized carbons (Fsp3) is 0.500. The van der Waals surface area contributed by atoms with E-state index in [2.05, 4.69) is 0 Å². The van der Waals surface area contributed by atoms with Crippen molar-refractivity contribution in [3.8, 4) is 0 Å². The number of aliphatic hydroxyl groups is 1. The van der Waals surface area contributed by atoms with Crippen LogP contribution in [0.1, 0.15) is 18.0 Å². The van der Waals surface area contributed by atoms with E-state index in [4.69, 9.17) is 0 Å². The molecule has 3 nitrogen and oxygen atoms in total. The van der Waals surface area contributed by atoms with Gasteiger partial charge in [0.25, 0.3) is 0 Å². The maximum atomic E-state index is 12.9. The molecule has 1 aromatic carbocycles. The molecule has 1 fully saturated rings. The Labute approximate surface area is 103 Å². The zero-order chi connectivity index (χ0) is 13.6. The lowest BCUT2D eigenvalue weighted by molar-refractivity contribution is -0.320. The van der Waals surface area contributed by atoms with Crippen LogP contribution in [0, 0.1) is 0 Å². The standard InChI is InChI=1S/C12H15F3N2O/c1-16-10(9-6-4-3-5-7-9)8-11(18,17(16)2)12(13,14)15/h3-7,10,18H,8H2,1-2H3/t10-,11-/m1/s1. The van der Waals surface area contributed by atoms with Gasteiger partial charge in [0, 0.05) is 20.5 Å². The van der Waals surface area contributed by atoms with Gasteiger partial charge in [-0.05, 0) is 5.56 Å². The van der Waals surface area contributed by atoms with Gasteiger partial charge in [0.1, 0.15) is 0 Å². The van der Waals surface area contributed by atoms with Crippen LogP contribution in [0.25, 0.3) is 0 Å². The molecule has 0 spiro atoms. The van der Waals surface area contributed by atoms with E-state index in [0.717, 1.165) is 10.6 Å². The molecule has 0 aliphatic carbocycles. The predicted molar refractivity (Wildman–Crippen MR) is 60.3 cm³/mol. The summed E-state index contributed by atoms with van der Waals surface area (Å²) in [6.07, 6.45) is -5.08. The van der Waals surface area contributed by atoms with Crippen LogP contribution in [-0.2, 0) is 0 Å². The van der Waals surface area contributed by atoms with E-state index >= 15 is 0 Å². The minimum Gasteiger partial charge on any atom is -0.367 e. The van der Waals surface area contributed by atoms with Gasteiger partial charge >= 0.3 is 6.18 Å². The molecule has 6 heteroatoms. The van der Waals surface area contributed by atoms with E-state index in [1.807, 2.05) is 0 Å². The van der Waals surface area contributed by atoms with Gasteiger partial charge in [0.05, 0.1) is 6.04 Å². The topological polar surface area (TPSA) is 26.7 Å². The highest BCUT2D eigenvalue weighted by atomic mass is 19.4. The summed E-state index contributed by atoms with van der Waals surface area (Å²) in [7, 11) is 2.79. The third-order valence-corrected chi connectivity index (χ3v) is 3.58. The molecule has 1 aliphatic heterocycles. The van der Waals surface area contributed by atoms with Gasteiger partial charge in [-0.15, -0.1) is 0 Å². The quantitative estimate of drug-likeness (QED) is 0.838. The highest BCUT2D eigenvalue weighted by Gasteiger charge is 2.63. The third-order valence-electron chi connectivity index (χ3n) is 3.58. The van der Waals surface area contributed by atoms with E-state index < -0.39 is 24.4 Å². The molecule has 1 N–H and O–H groups in total. The molecule has 0 unspecified atom stereocenters. The van der Waals surface area contributed by atoms with Gasteiger partial charge in [0.15, 0.2) is 0 Å². The summed E-state index contributed by atoms with van der Waals surface area (Å²) in [5.74, 6) is 0. The van der Waals surface area contributed by atoms with Crippen molar-refractivity contribution in [2.24, 2.45) is 0 Å². The van der Waals surface area contributed by atoms with Crippen molar-refractivity contribution in [1.29, 1.82) is 0 Å². The molecule has 2 rings (SSSR count). The summed E-state index contributed by atoms with van der Waals surface area (Å²) in [5.41, 5.74) is -2.05. The van der Waals surface area contributed by atoms with Crippen LogP contribution in [-0.4, -0.2) is 41.1 Å². The van der Waals surface area contributed by atoms with Crippen LogP contribution in [0.2, 0.25) is 0 Å². The fourth-order valence-corrected chi connectivity index (χ4v) is 2.31. The highest BCUT2D eigenvalue weighted by molar-refractivity contribution is 5.21. The zero-order valence-electron chi connectivity index (χ0n) is 10.1. The lowest BCUT2D eigenvalue weighted by Crippen LogP contribution is -2.56. The van der Waals surface area contributed by atoms with Crippen molar-refractivity contribution in [1.82, 2.24) is 10.0 Å². The fourth-order valence-electron chi connectivity index (χ4n) is 2.31. The molecule has 1 aromatic rings. The van der Waals surface area contributed by atoms with Crippen LogP contribution in [0.5, 0.6) is 0 Å². The lowest BCUT2D eigenvalue weighted by atomic mass is 9.99. The second-order valence-corrected chi connectivity index (χ2v) is 4.54. The molecule has 100 valence electrons. The number of hydrazine groups is 1. The molecule has 0 bridgehead atoms. The number of halogens is 3. The second kappa shape index (κ2) is 4.22. The molecular weight excluding hydrogens is 245 g/mol. The molecule has 18 heavy (non-hydrogen) atoms. The Balaban J connectivity index is 2.34. The van der Waals surface area contributed by atoms with E-state index in [1.165, 1.54) is 12.1 Å². The summed E-state index contributed by atoms with van der Waals surface area (Å²) in [6, 6.07) is 8.39. The average Bonchev–Trinajstić information content (AvgIpc) is 2.55. The lowest BCUT2D eigenvalue weighted by Gasteiger charge is -2.34. The number of alkyl halides is 3. The van der Waals surface area contributed by atoms with Gasteiger partial charge in [-0.3, -0.25) is 0 Å². The summed E-state index contributed by atoms with van der Waals surface area (Å²) in [6.45, 7) is 0. The van der Waals surface area contributed by atoms with Gasteiger partial charge in [-0.25, -0.2) is 10.0 Å².